The van der Waals surface area contributed by atoms with Gasteiger partial charge in [0, 0.05) is 11.4 Å². The SMILES string of the molecule is C=CCSc1ncc(Cl)c(C(=O)Nc2c(C)cccc2C)n1. The average Bonchev–Trinajstić information content (AvgIpc) is 2.50. The van der Waals surface area contributed by atoms with Crippen molar-refractivity contribution in [2.45, 2.75) is 19.0 Å². The fraction of sp³-hybridized carbons (Fsp3) is 0.188. The molecule has 22 heavy (non-hydrogen) atoms. The summed E-state index contributed by atoms with van der Waals surface area (Å²) in [5, 5.41) is 3.60. The molecule has 0 unspecified atom stereocenters. The third kappa shape index (κ3) is 3.87. The molecule has 0 saturated heterocycles. The van der Waals surface area contributed by atoms with Gasteiger partial charge in [-0.1, -0.05) is 47.6 Å². The molecule has 1 aromatic heterocycles. The molecule has 0 atom stereocenters. The second kappa shape index (κ2) is 7.42. The largest absolute Gasteiger partial charge is 0.320 e. The van der Waals surface area contributed by atoms with Gasteiger partial charge in [-0.2, -0.15) is 0 Å². The van der Waals surface area contributed by atoms with E-state index in [1.807, 2.05) is 32.0 Å². The van der Waals surface area contributed by atoms with E-state index in [1.165, 1.54) is 18.0 Å². The van der Waals surface area contributed by atoms with Crippen molar-refractivity contribution in [1.82, 2.24) is 9.97 Å². The molecule has 1 N–H and O–H groups in total. The van der Waals surface area contributed by atoms with Gasteiger partial charge in [0.2, 0.25) is 0 Å². The van der Waals surface area contributed by atoms with Gasteiger partial charge in [-0.05, 0) is 25.0 Å². The molecule has 0 spiro atoms. The lowest BCUT2D eigenvalue weighted by atomic mass is 10.1. The minimum absolute atomic E-state index is 0.172. The summed E-state index contributed by atoms with van der Waals surface area (Å²) >= 11 is 7.45. The zero-order valence-electron chi connectivity index (χ0n) is 12.4. The summed E-state index contributed by atoms with van der Waals surface area (Å²) in [5.41, 5.74) is 2.92. The maximum absolute atomic E-state index is 12.5. The third-order valence-corrected chi connectivity index (χ3v) is 4.12. The number of halogens is 1. The Hall–Kier alpha value is -1.85. The molecule has 0 aliphatic rings. The van der Waals surface area contributed by atoms with Crippen LogP contribution in [-0.4, -0.2) is 21.6 Å². The van der Waals surface area contributed by atoms with Gasteiger partial charge in [0.05, 0.1) is 11.2 Å². The topological polar surface area (TPSA) is 54.9 Å². The first-order valence-electron chi connectivity index (χ1n) is 6.66. The third-order valence-electron chi connectivity index (χ3n) is 2.99. The molecule has 2 aromatic rings. The summed E-state index contributed by atoms with van der Waals surface area (Å²) in [4.78, 5) is 20.8. The summed E-state index contributed by atoms with van der Waals surface area (Å²) in [5.74, 6) is 0.324. The van der Waals surface area contributed by atoms with E-state index in [-0.39, 0.29) is 16.6 Å². The van der Waals surface area contributed by atoms with Crippen molar-refractivity contribution in [3.63, 3.8) is 0 Å². The van der Waals surface area contributed by atoms with Crippen LogP contribution in [0, 0.1) is 13.8 Å². The fourth-order valence-corrected chi connectivity index (χ4v) is 2.62. The zero-order valence-corrected chi connectivity index (χ0v) is 14.0. The highest BCUT2D eigenvalue weighted by molar-refractivity contribution is 7.99. The van der Waals surface area contributed by atoms with Gasteiger partial charge in [-0.25, -0.2) is 9.97 Å². The number of aromatic nitrogens is 2. The number of para-hydroxylation sites is 1. The number of benzene rings is 1. The lowest BCUT2D eigenvalue weighted by Gasteiger charge is -2.12. The van der Waals surface area contributed by atoms with Crippen molar-refractivity contribution in [2.75, 3.05) is 11.1 Å². The predicted molar refractivity (Wildman–Crippen MR) is 91.8 cm³/mol. The monoisotopic (exact) mass is 333 g/mol. The van der Waals surface area contributed by atoms with E-state index in [0.717, 1.165) is 16.8 Å². The minimum Gasteiger partial charge on any atom is -0.320 e. The highest BCUT2D eigenvalue weighted by Crippen LogP contribution is 2.23. The smallest absolute Gasteiger partial charge is 0.275 e. The number of anilines is 1. The van der Waals surface area contributed by atoms with Crippen LogP contribution in [0.15, 0.2) is 42.2 Å². The Morgan fingerprint density at radius 3 is 2.73 bits per heavy atom. The zero-order chi connectivity index (χ0) is 16.1. The highest BCUT2D eigenvalue weighted by Gasteiger charge is 2.16. The number of hydrogen-bond acceptors (Lipinski definition) is 4. The summed E-state index contributed by atoms with van der Waals surface area (Å²) < 4.78 is 0. The van der Waals surface area contributed by atoms with E-state index >= 15 is 0 Å². The second-order valence-corrected chi connectivity index (χ2v) is 6.06. The number of rotatable bonds is 5. The molecular formula is C16H16ClN3OS. The molecule has 0 aliphatic carbocycles. The average molecular weight is 334 g/mol. The van der Waals surface area contributed by atoms with Crippen molar-refractivity contribution in [3.8, 4) is 0 Å². The molecule has 114 valence electrons. The Balaban J connectivity index is 2.27. The van der Waals surface area contributed by atoms with E-state index in [9.17, 15) is 4.79 Å². The number of nitrogens with one attached hydrogen (secondary N) is 1. The van der Waals surface area contributed by atoms with Crippen LogP contribution >= 0.6 is 23.4 Å². The molecule has 6 heteroatoms. The maximum Gasteiger partial charge on any atom is 0.275 e. The van der Waals surface area contributed by atoms with Gasteiger partial charge >= 0.3 is 0 Å². The fourth-order valence-electron chi connectivity index (χ4n) is 1.90. The van der Waals surface area contributed by atoms with Crippen LogP contribution in [-0.2, 0) is 0 Å². The number of hydrogen-bond donors (Lipinski definition) is 1. The van der Waals surface area contributed by atoms with E-state index in [2.05, 4.69) is 21.9 Å². The second-order valence-electron chi connectivity index (χ2n) is 4.67. The normalized spacial score (nSPS) is 10.3. The van der Waals surface area contributed by atoms with E-state index in [4.69, 9.17) is 11.6 Å². The molecule has 0 aliphatic heterocycles. The summed E-state index contributed by atoms with van der Waals surface area (Å²) in [6.07, 6.45) is 3.19. The van der Waals surface area contributed by atoms with Crippen LogP contribution in [0.25, 0.3) is 0 Å². The van der Waals surface area contributed by atoms with Crippen molar-refractivity contribution in [1.29, 1.82) is 0 Å². The number of nitrogens with zero attached hydrogens (tertiary/aromatic N) is 2. The number of aryl methyl sites for hydroxylation is 2. The molecule has 1 heterocycles. The molecule has 4 nitrogen and oxygen atoms in total. The molecule has 1 aromatic carbocycles. The number of thioether (sulfide) groups is 1. The minimum atomic E-state index is -0.342. The Bertz CT molecular complexity index is 698. The lowest BCUT2D eigenvalue weighted by molar-refractivity contribution is 0.102. The number of amides is 1. The highest BCUT2D eigenvalue weighted by atomic mass is 35.5. The molecule has 0 fully saturated rings. The van der Waals surface area contributed by atoms with Gasteiger partial charge in [0.1, 0.15) is 0 Å². The first kappa shape index (κ1) is 16.5. The Labute approximate surface area is 139 Å². The van der Waals surface area contributed by atoms with Gasteiger partial charge in [0.25, 0.3) is 5.91 Å². The molecule has 1 amide bonds. The standard InChI is InChI=1S/C16H16ClN3OS/c1-4-8-22-16-18-9-12(17)14(20-16)15(21)19-13-10(2)6-5-7-11(13)3/h4-7,9H,1,8H2,2-3H3,(H,19,21). The van der Waals surface area contributed by atoms with Crippen LogP contribution in [0.1, 0.15) is 21.6 Å². The number of carbonyl (C=O) groups excluding carboxylic acids is 1. The lowest BCUT2D eigenvalue weighted by Crippen LogP contribution is -2.16. The predicted octanol–water partition coefficient (Wildman–Crippen LogP) is 4.28. The van der Waals surface area contributed by atoms with Crippen LogP contribution in [0.4, 0.5) is 5.69 Å². The van der Waals surface area contributed by atoms with E-state index in [0.29, 0.717) is 10.9 Å². The van der Waals surface area contributed by atoms with Crippen LogP contribution in [0.5, 0.6) is 0 Å². The first-order chi connectivity index (χ1) is 10.5. The van der Waals surface area contributed by atoms with Gasteiger partial charge < -0.3 is 5.32 Å². The van der Waals surface area contributed by atoms with Crippen LogP contribution < -0.4 is 5.32 Å². The molecule has 0 radical (unpaired) electrons. The molecule has 0 bridgehead atoms. The van der Waals surface area contributed by atoms with Crippen molar-refractivity contribution in [2.24, 2.45) is 0 Å². The summed E-state index contributed by atoms with van der Waals surface area (Å²) in [6.45, 7) is 7.52. The Morgan fingerprint density at radius 2 is 2.09 bits per heavy atom. The maximum atomic E-state index is 12.5. The van der Waals surface area contributed by atoms with Crippen molar-refractivity contribution >= 4 is 35.0 Å². The first-order valence-corrected chi connectivity index (χ1v) is 8.03. The molecular weight excluding hydrogens is 318 g/mol. The Kier molecular flexibility index (Phi) is 5.57. The van der Waals surface area contributed by atoms with Gasteiger partial charge in [0.15, 0.2) is 10.9 Å². The van der Waals surface area contributed by atoms with E-state index in [1.54, 1.807) is 6.08 Å². The molecule has 2 rings (SSSR count). The van der Waals surface area contributed by atoms with Crippen LogP contribution in [0.3, 0.4) is 0 Å². The quantitative estimate of drug-likeness (QED) is 0.504. The summed E-state index contributed by atoms with van der Waals surface area (Å²) in [7, 11) is 0. The summed E-state index contributed by atoms with van der Waals surface area (Å²) in [6, 6.07) is 5.83. The van der Waals surface area contributed by atoms with Gasteiger partial charge in [-0.15, -0.1) is 6.58 Å². The van der Waals surface area contributed by atoms with Crippen molar-refractivity contribution < 1.29 is 4.79 Å². The van der Waals surface area contributed by atoms with Crippen molar-refractivity contribution in [3.05, 3.63) is 58.9 Å². The van der Waals surface area contributed by atoms with E-state index < -0.39 is 0 Å². The van der Waals surface area contributed by atoms with Crippen LogP contribution in [0.2, 0.25) is 5.02 Å². The van der Waals surface area contributed by atoms with Gasteiger partial charge in [-0.3, -0.25) is 4.79 Å². The molecule has 0 saturated carbocycles. The number of carbonyl (C=O) groups is 1. The Morgan fingerprint density at radius 1 is 1.41 bits per heavy atom.